The molecular weight excluding hydrogens is 320 g/mol. The molecule has 2 aromatic rings. The Bertz CT molecular complexity index is 852. The Kier molecular flexibility index (Phi) is 4.60. The van der Waals surface area contributed by atoms with Crippen molar-refractivity contribution in [1.82, 2.24) is 0 Å². The Morgan fingerprint density at radius 1 is 0.875 bits per heavy atom. The van der Waals surface area contributed by atoms with E-state index < -0.39 is 29.2 Å². The van der Waals surface area contributed by atoms with Crippen molar-refractivity contribution in [3.8, 4) is 11.1 Å². The Balaban J connectivity index is 2.44. The third-order valence-electron chi connectivity index (χ3n) is 3.91. The summed E-state index contributed by atoms with van der Waals surface area (Å²) in [4.78, 5) is 0. The maximum Gasteiger partial charge on any atom is 0.0487 e. The van der Waals surface area contributed by atoms with Gasteiger partial charge in [-0.1, -0.05) is 80.7 Å². The van der Waals surface area contributed by atoms with Crippen LogP contribution in [0, 0.1) is 13.8 Å². The standard InChI is InChI=1S/C22H33Si2/c1-17-14-19(12-13-23(3)4)8-10-21(17)22-11-9-20(15-18(22)2)16-24(5,6)7/h8-11,14-15H,12-13,16H2,1-7H3/i12D2,16D2. The fourth-order valence-electron chi connectivity index (χ4n) is 2.83. The van der Waals surface area contributed by atoms with E-state index in [1.807, 2.05) is 50.2 Å². The average Bonchev–Trinajstić information content (AvgIpc) is 2.52. The van der Waals surface area contributed by atoms with Gasteiger partial charge in [0.05, 0.1) is 0 Å². The van der Waals surface area contributed by atoms with Gasteiger partial charge in [0.2, 0.25) is 0 Å². The van der Waals surface area contributed by atoms with Crippen LogP contribution in [0.2, 0.25) is 38.8 Å². The van der Waals surface area contributed by atoms with Gasteiger partial charge in [0.25, 0.3) is 0 Å². The molecule has 2 aromatic carbocycles. The minimum absolute atomic E-state index is 0.607. The Morgan fingerprint density at radius 2 is 1.38 bits per heavy atom. The zero-order chi connectivity index (χ0) is 21.5. The van der Waals surface area contributed by atoms with Crippen LogP contribution in [0.1, 0.15) is 27.7 Å². The van der Waals surface area contributed by atoms with Crippen molar-refractivity contribution in [2.45, 2.75) is 65.0 Å². The molecule has 2 heteroatoms. The van der Waals surface area contributed by atoms with Crippen molar-refractivity contribution in [2.24, 2.45) is 0 Å². The summed E-state index contributed by atoms with van der Waals surface area (Å²) in [5.74, 6) is -1.27. The molecule has 0 aromatic heterocycles. The molecule has 0 nitrogen and oxygen atoms in total. The minimum Gasteiger partial charge on any atom is -0.0713 e. The molecule has 0 saturated heterocycles. The lowest BCUT2D eigenvalue weighted by atomic mass is 9.94. The fourth-order valence-corrected chi connectivity index (χ4v) is 4.41. The molecule has 0 heterocycles. The zero-order valence-corrected chi connectivity index (χ0v) is 18.2. The van der Waals surface area contributed by atoms with Crippen LogP contribution in [0.3, 0.4) is 0 Å². The van der Waals surface area contributed by atoms with E-state index in [2.05, 4.69) is 32.7 Å². The normalized spacial score (nSPS) is 15.7. The predicted molar refractivity (Wildman–Crippen MR) is 114 cm³/mol. The molecule has 0 saturated carbocycles. The first-order valence-corrected chi connectivity index (χ1v) is 14.9. The monoisotopic (exact) mass is 357 g/mol. The van der Waals surface area contributed by atoms with Crippen molar-refractivity contribution in [3.05, 3.63) is 58.7 Å². The van der Waals surface area contributed by atoms with Crippen LogP contribution in [0.25, 0.3) is 11.1 Å². The van der Waals surface area contributed by atoms with Crippen molar-refractivity contribution >= 4 is 16.9 Å². The summed E-state index contributed by atoms with van der Waals surface area (Å²) in [6, 6.07) is 12.5. The second-order valence-corrected chi connectivity index (χ2v) is 15.5. The van der Waals surface area contributed by atoms with Crippen molar-refractivity contribution in [2.75, 3.05) is 0 Å². The van der Waals surface area contributed by atoms with Crippen molar-refractivity contribution < 1.29 is 5.48 Å². The van der Waals surface area contributed by atoms with Gasteiger partial charge < -0.3 is 0 Å². The van der Waals surface area contributed by atoms with Gasteiger partial charge in [0.15, 0.2) is 0 Å². The summed E-state index contributed by atoms with van der Waals surface area (Å²) in [6.45, 7) is 14.6. The molecule has 129 valence electrons. The Morgan fingerprint density at radius 3 is 1.83 bits per heavy atom. The maximum absolute atomic E-state index is 8.57. The summed E-state index contributed by atoms with van der Waals surface area (Å²) in [5, 5.41) is 0. The summed E-state index contributed by atoms with van der Waals surface area (Å²) in [7, 11) is -2.66. The molecule has 0 atom stereocenters. The summed E-state index contributed by atoms with van der Waals surface area (Å²) < 4.78 is 34.0. The van der Waals surface area contributed by atoms with E-state index >= 15 is 0 Å². The first-order valence-electron chi connectivity index (χ1n) is 10.7. The molecule has 0 spiro atoms. The van der Waals surface area contributed by atoms with Crippen LogP contribution in [0.4, 0.5) is 0 Å². The topological polar surface area (TPSA) is 0 Å². The number of benzene rings is 2. The molecule has 2 rings (SSSR count). The second kappa shape index (κ2) is 7.84. The zero-order valence-electron chi connectivity index (χ0n) is 20.2. The molecule has 0 unspecified atom stereocenters. The van der Waals surface area contributed by atoms with Gasteiger partial charge >= 0.3 is 0 Å². The van der Waals surface area contributed by atoms with Gasteiger partial charge in [0.1, 0.15) is 0 Å². The van der Waals surface area contributed by atoms with Crippen molar-refractivity contribution in [1.29, 1.82) is 0 Å². The highest BCUT2D eigenvalue weighted by Gasteiger charge is 2.15. The molecule has 0 amide bonds. The lowest BCUT2D eigenvalue weighted by Gasteiger charge is -2.18. The van der Waals surface area contributed by atoms with Crippen LogP contribution in [0.15, 0.2) is 36.4 Å². The van der Waals surface area contributed by atoms with Gasteiger partial charge in [-0.3, -0.25) is 0 Å². The van der Waals surface area contributed by atoms with Gasteiger partial charge in [-0.2, -0.15) is 0 Å². The highest BCUT2D eigenvalue weighted by atomic mass is 28.3. The molecule has 0 aliphatic heterocycles. The number of rotatable bonds is 6. The van der Waals surface area contributed by atoms with Gasteiger partial charge in [-0.15, -0.1) is 0 Å². The third kappa shape index (κ3) is 5.46. The van der Waals surface area contributed by atoms with E-state index in [0.717, 1.165) is 33.4 Å². The Labute approximate surface area is 157 Å². The smallest absolute Gasteiger partial charge is 0.0487 e. The van der Waals surface area contributed by atoms with Gasteiger partial charge in [0, 0.05) is 22.4 Å². The first-order chi connectivity index (χ1) is 12.7. The van der Waals surface area contributed by atoms with E-state index in [9.17, 15) is 0 Å². The van der Waals surface area contributed by atoms with Gasteiger partial charge in [-0.05, 0) is 54.0 Å². The van der Waals surface area contributed by atoms with Crippen LogP contribution in [-0.4, -0.2) is 16.9 Å². The highest BCUT2D eigenvalue weighted by Crippen LogP contribution is 2.29. The summed E-state index contributed by atoms with van der Waals surface area (Å²) in [6.07, 6.45) is -1.28. The number of hydrogen-bond donors (Lipinski definition) is 0. The molecule has 1 radical (unpaired) electrons. The molecule has 0 aliphatic carbocycles. The molecule has 0 N–H and O–H groups in total. The Hall–Kier alpha value is -1.13. The average molecular weight is 358 g/mol. The quantitative estimate of drug-likeness (QED) is 0.505. The SMILES string of the molecule is [2H]C([2H])(C[Si](C)C)c1ccc(-c2ccc(C([2H])([2H])[Si](C)(C)C)cc2C)c(C)c1. The van der Waals surface area contributed by atoms with Crippen LogP contribution >= 0.6 is 0 Å². The summed E-state index contributed by atoms with van der Waals surface area (Å²) in [5.41, 5.74) is 5.83. The van der Waals surface area contributed by atoms with E-state index in [1.165, 1.54) is 0 Å². The predicted octanol–water partition coefficient (Wildman–Crippen LogP) is 6.69. The third-order valence-corrected chi connectivity index (χ3v) is 5.83. The van der Waals surface area contributed by atoms with Crippen LogP contribution in [-0.2, 0) is 12.4 Å². The molecule has 24 heavy (non-hydrogen) atoms. The first kappa shape index (κ1) is 14.1. The van der Waals surface area contributed by atoms with Gasteiger partial charge in [-0.25, -0.2) is 0 Å². The van der Waals surface area contributed by atoms with Crippen LogP contribution in [0.5, 0.6) is 0 Å². The lowest BCUT2D eigenvalue weighted by Crippen LogP contribution is -2.23. The highest BCUT2D eigenvalue weighted by molar-refractivity contribution is 6.75. The molecular formula is C22H33Si2. The molecule has 0 bridgehead atoms. The van der Waals surface area contributed by atoms with E-state index in [0.29, 0.717) is 6.04 Å². The maximum atomic E-state index is 8.57. The molecule has 0 fully saturated rings. The summed E-state index contributed by atoms with van der Waals surface area (Å²) >= 11 is 0. The number of aryl methyl sites for hydroxylation is 3. The van der Waals surface area contributed by atoms with E-state index in [4.69, 9.17) is 5.48 Å². The second-order valence-electron chi connectivity index (χ2n) is 8.00. The minimum atomic E-state index is -2.00. The largest absolute Gasteiger partial charge is 0.0713 e. The van der Waals surface area contributed by atoms with Crippen LogP contribution < -0.4 is 0 Å². The molecule has 0 aliphatic rings. The lowest BCUT2D eigenvalue weighted by molar-refractivity contribution is 1.11. The number of hydrogen-bond acceptors (Lipinski definition) is 0. The van der Waals surface area contributed by atoms with Crippen molar-refractivity contribution in [3.63, 3.8) is 0 Å². The van der Waals surface area contributed by atoms with E-state index in [1.54, 1.807) is 0 Å². The fraction of sp³-hybridized carbons (Fsp3) is 0.455. The van der Waals surface area contributed by atoms with E-state index in [-0.39, 0.29) is 0 Å².